The molecule has 0 radical (unpaired) electrons. The van der Waals surface area contributed by atoms with Crippen molar-refractivity contribution < 1.29 is 14.3 Å². The molecule has 2 heterocycles. The van der Waals surface area contributed by atoms with Gasteiger partial charge in [-0.25, -0.2) is 4.98 Å². The Bertz CT molecular complexity index is 1320. The van der Waals surface area contributed by atoms with Gasteiger partial charge < -0.3 is 18.9 Å². The van der Waals surface area contributed by atoms with Gasteiger partial charge in [0.05, 0.1) is 34.9 Å². The maximum atomic E-state index is 12.9. The molecule has 5 rings (SSSR count). The molecule has 4 aromatic rings. The van der Waals surface area contributed by atoms with Crippen LogP contribution in [0.1, 0.15) is 25.1 Å². The highest BCUT2D eigenvalue weighted by Gasteiger charge is 2.35. The lowest BCUT2D eigenvalue weighted by Crippen LogP contribution is -2.25. The van der Waals surface area contributed by atoms with Crippen molar-refractivity contribution in [3.63, 3.8) is 0 Å². The fourth-order valence-corrected chi connectivity index (χ4v) is 4.75. The van der Waals surface area contributed by atoms with Crippen molar-refractivity contribution in [2.45, 2.75) is 25.8 Å². The lowest BCUT2D eigenvalue weighted by atomic mass is 10.1. The van der Waals surface area contributed by atoms with E-state index >= 15 is 0 Å². The summed E-state index contributed by atoms with van der Waals surface area (Å²) in [6.07, 6.45) is 0.391. The number of fused-ring (bicyclic) bond motifs is 1. The van der Waals surface area contributed by atoms with Gasteiger partial charge in [-0.05, 0) is 43.3 Å². The minimum absolute atomic E-state index is 0.0353. The van der Waals surface area contributed by atoms with Crippen molar-refractivity contribution in [1.82, 2.24) is 9.55 Å². The molecule has 34 heavy (non-hydrogen) atoms. The second-order valence-corrected chi connectivity index (χ2v) is 8.60. The zero-order valence-corrected chi connectivity index (χ0v) is 19.7. The van der Waals surface area contributed by atoms with Crippen LogP contribution in [0.4, 0.5) is 5.69 Å². The van der Waals surface area contributed by atoms with E-state index in [-0.39, 0.29) is 11.8 Å². The monoisotopic (exact) mass is 475 g/mol. The third kappa shape index (κ3) is 4.33. The normalized spacial score (nSPS) is 15.8. The molecule has 3 aromatic carbocycles. The lowest BCUT2D eigenvalue weighted by molar-refractivity contribution is -0.117. The van der Waals surface area contributed by atoms with Crippen LogP contribution in [0.15, 0.2) is 72.8 Å². The molecule has 0 aliphatic carbocycles. The number of aromatic nitrogens is 2. The number of amides is 1. The third-order valence-corrected chi connectivity index (χ3v) is 6.36. The van der Waals surface area contributed by atoms with Crippen LogP contribution in [-0.2, 0) is 11.3 Å². The molecular formula is C27H26ClN3O3. The van der Waals surface area contributed by atoms with Crippen molar-refractivity contribution in [2.75, 3.05) is 24.7 Å². The Balaban J connectivity index is 1.40. The maximum absolute atomic E-state index is 12.9. The minimum Gasteiger partial charge on any atom is -0.490 e. The Labute approximate surface area is 203 Å². The topological polar surface area (TPSA) is 56.6 Å². The van der Waals surface area contributed by atoms with Gasteiger partial charge in [-0.1, -0.05) is 48.0 Å². The zero-order chi connectivity index (χ0) is 23.5. The van der Waals surface area contributed by atoms with Crippen LogP contribution in [0.5, 0.6) is 11.5 Å². The summed E-state index contributed by atoms with van der Waals surface area (Å²) in [6.45, 7) is 4.13. The largest absolute Gasteiger partial charge is 0.490 e. The summed E-state index contributed by atoms with van der Waals surface area (Å²) in [7, 11) is 0. The van der Waals surface area contributed by atoms with E-state index in [9.17, 15) is 4.79 Å². The molecule has 0 N–H and O–H groups in total. The number of para-hydroxylation sites is 5. The van der Waals surface area contributed by atoms with Crippen molar-refractivity contribution in [3.05, 3.63) is 83.6 Å². The van der Waals surface area contributed by atoms with Crippen LogP contribution in [0.25, 0.3) is 11.0 Å². The number of hydrogen-bond acceptors (Lipinski definition) is 4. The Morgan fingerprint density at radius 2 is 1.68 bits per heavy atom. The smallest absolute Gasteiger partial charge is 0.227 e. The molecule has 0 bridgehead atoms. The fraction of sp³-hybridized carbons (Fsp3) is 0.259. The van der Waals surface area contributed by atoms with Gasteiger partial charge in [0, 0.05) is 18.9 Å². The molecule has 174 valence electrons. The average Bonchev–Trinajstić information content (AvgIpc) is 3.41. The molecule has 1 unspecified atom stereocenters. The fourth-order valence-electron chi connectivity index (χ4n) is 4.52. The standard InChI is InChI=1S/C27H26ClN3O3/c1-2-33-24-13-7-8-14-25(24)34-16-15-30-23-12-6-4-10-21(23)29-27(30)19-17-26(32)31(18-19)22-11-5-3-9-20(22)28/h3-14,19H,2,15-18H2,1H3. The molecule has 0 spiro atoms. The molecule has 0 saturated carbocycles. The molecule has 6 nitrogen and oxygen atoms in total. The highest BCUT2D eigenvalue weighted by molar-refractivity contribution is 6.33. The van der Waals surface area contributed by atoms with Gasteiger partial charge in [-0.3, -0.25) is 4.79 Å². The summed E-state index contributed by atoms with van der Waals surface area (Å²) in [5.74, 6) is 2.37. The van der Waals surface area contributed by atoms with E-state index in [0.717, 1.165) is 34.0 Å². The van der Waals surface area contributed by atoms with Crippen molar-refractivity contribution in [2.24, 2.45) is 0 Å². The van der Waals surface area contributed by atoms with Crippen LogP contribution < -0.4 is 14.4 Å². The highest BCUT2D eigenvalue weighted by Crippen LogP contribution is 2.36. The first-order valence-corrected chi connectivity index (χ1v) is 11.9. The predicted octanol–water partition coefficient (Wildman–Crippen LogP) is 5.69. The van der Waals surface area contributed by atoms with Crippen LogP contribution in [-0.4, -0.2) is 35.2 Å². The van der Waals surface area contributed by atoms with Gasteiger partial charge in [0.25, 0.3) is 0 Å². The van der Waals surface area contributed by atoms with E-state index in [0.29, 0.717) is 37.7 Å². The maximum Gasteiger partial charge on any atom is 0.227 e. The number of imidazole rings is 1. The van der Waals surface area contributed by atoms with E-state index in [2.05, 4.69) is 10.6 Å². The first kappa shape index (κ1) is 22.3. The number of halogens is 1. The Morgan fingerprint density at radius 1 is 0.971 bits per heavy atom. The first-order chi connectivity index (χ1) is 16.7. The van der Waals surface area contributed by atoms with E-state index in [1.807, 2.05) is 73.7 Å². The van der Waals surface area contributed by atoms with Crippen molar-refractivity contribution >= 4 is 34.2 Å². The molecule has 7 heteroatoms. The summed E-state index contributed by atoms with van der Waals surface area (Å²) in [5.41, 5.74) is 2.69. The SMILES string of the molecule is CCOc1ccccc1OCCn1c(C2CC(=O)N(c3ccccc3Cl)C2)nc2ccccc21. The number of nitrogens with zero attached hydrogens (tertiary/aromatic N) is 3. The lowest BCUT2D eigenvalue weighted by Gasteiger charge is -2.19. The molecular weight excluding hydrogens is 450 g/mol. The molecule has 1 aliphatic heterocycles. The number of carbonyl (C=O) groups excluding carboxylic acids is 1. The Hall–Kier alpha value is -3.51. The van der Waals surface area contributed by atoms with E-state index in [1.54, 1.807) is 4.90 Å². The van der Waals surface area contributed by atoms with Crippen LogP contribution >= 0.6 is 11.6 Å². The number of benzene rings is 3. The van der Waals surface area contributed by atoms with Gasteiger partial charge in [-0.15, -0.1) is 0 Å². The second-order valence-electron chi connectivity index (χ2n) is 8.20. The zero-order valence-electron chi connectivity index (χ0n) is 19.0. The predicted molar refractivity (Wildman–Crippen MR) is 134 cm³/mol. The summed E-state index contributed by atoms with van der Waals surface area (Å²) in [4.78, 5) is 19.6. The van der Waals surface area contributed by atoms with Gasteiger partial charge in [0.1, 0.15) is 12.4 Å². The Kier molecular flexibility index (Phi) is 6.41. The number of carbonyl (C=O) groups is 1. The number of hydrogen-bond donors (Lipinski definition) is 0. The van der Waals surface area contributed by atoms with Gasteiger partial charge in [0.2, 0.25) is 5.91 Å². The van der Waals surface area contributed by atoms with E-state index in [1.165, 1.54) is 0 Å². The summed E-state index contributed by atoms with van der Waals surface area (Å²) in [6, 6.07) is 23.2. The molecule has 1 aromatic heterocycles. The molecule has 1 saturated heterocycles. The molecule has 1 aliphatic rings. The van der Waals surface area contributed by atoms with Gasteiger partial charge >= 0.3 is 0 Å². The summed E-state index contributed by atoms with van der Waals surface area (Å²) >= 11 is 6.38. The van der Waals surface area contributed by atoms with E-state index in [4.69, 9.17) is 26.1 Å². The number of rotatable bonds is 8. The molecule has 1 atom stereocenters. The number of anilines is 1. The quantitative estimate of drug-likeness (QED) is 0.328. The van der Waals surface area contributed by atoms with Crippen molar-refractivity contribution in [1.29, 1.82) is 0 Å². The van der Waals surface area contributed by atoms with Gasteiger partial charge in [-0.2, -0.15) is 0 Å². The number of ether oxygens (including phenoxy) is 2. The molecule has 1 fully saturated rings. The van der Waals surface area contributed by atoms with Gasteiger partial charge in [0.15, 0.2) is 11.5 Å². The molecule has 1 amide bonds. The average molecular weight is 476 g/mol. The van der Waals surface area contributed by atoms with E-state index < -0.39 is 0 Å². The Morgan fingerprint density at radius 3 is 2.47 bits per heavy atom. The third-order valence-electron chi connectivity index (χ3n) is 6.04. The highest BCUT2D eigenvalue weighted by atomic mass is 35.5. The van der Waals surface area contributed by atoms with Crippen molar-refractivity contribution in [3.8, 4) is 11.5 Å². The summed E-state index contributed by atoms with van der Waals surface area (Å²) < 4.78 is 13.9. The van der Waals surface area contributed by atoms with Crippen LogP contribution in [0.3, 0.4) is 0 Å². The van der Waals surface area contributed by atoms with Crippen LogP contribution in [0.2, 0.25) is 5.02 Å². The minimum atomic E-state index is -0.0353. The van der Waals surface area contributed by atoms with Crippen LogP contribution in [0, 0.1) is 0 Å². The first-order valence-electron chi connectivity index (χ1n) is 11.5. The summed E-state index contributed by atoms with van der Waals surface area (Å²) in [5, 5.41) is 0.575. The second kappa shape index (κ2) is 9.77.